The molecule has 1 heterocycles. The summed E-state index contributed by atoms with van der Waals surface area (Å²) < 4.78 is 0.602. The molecule has 1 fully saturated rings. The number of rotatable bonds is 2. The van der Waals surface area contributed by atoms with Crippen molar-refractivity contribution in [3.8, 4) is 0 Å². The summed E-state index contributed by atoms with van der Waals surface area (Å²) in [5.74, 6) is 0.296. The second-order valence-corrected chi connectivity index (χ2v) is 6.79. The van der Waals surface area contributed by atoms with Crippen molar-refractivity contribution in [2.75, 3.05) is 4.90 Å². The Labute approximate surface area is 143 Å². The first-order valence-corrected chi connectivity index (χ1v) is 8.17. The van der Waals surface area contributed by atoms with Crippen LogP contribution in [0.25, 0.3) is 0 Å². The Hall–Kier alpha value is -1.69. The van der Waals surface area contributed by atoms with E-state index in [0.717, 1.165) is 16.9 Å². The molecular weight excluding hydrogens is 334 g/mol. The minimum Gasteiger partial charge on any atom is -0.282 e. The van der Waals surface area contributed by atoms with E-state index in [1.165, 1.54) is 11.8 Å². The van der Waals surface area contributed by atoms with Gasteiger partial charge in [-0.1, -0.05) is 42.0 Å². The van der Waals surface area contributed by atoms with Gasteiger partial charge in [-0.25, -0.2) is 4.99 Å². The highest BCUT2D eigenvalue weighted by Gasteiger charge is 2.32. The summed E-state index contributed by atoms with van der Waals surface area (Å²) in [5, 5.41) is 9.66. The summed E-state index contributed by atoms with van der Waals surface area (Å²) in [4.78, 5) is 6.24. The first kappa shape index (κ1) is 15.2. The van der Waals surface area contributed by atoms with Gasteiger partial charge in [0.2, 0.25) is 0 Å². The highest BCUT2D eigenvalue weighted by atomic mass is 35.5. The largest absolute Gasteiger partial charge is 0.282 e. The first-order chi connectivity index (χ1) is 10.6. The normalized spacial score (nSPS) is 16.6. The Morgan fingerprint density at radius 1 is 1.18 bits per heavy atom. The number of halogens is 1. The number of para-hydroxylation sites is 1. The van der Waals surface area contributed by atoms with Crippen LogP contribution in [0.2, 0.25) is 5.02 Å². The lowest BCUT2D eigenvalue weighted by Gasteiger charge is -2.18. The molecular formula is C16H12ClN3S2. The lowest BCUT2D eigenvalue weighted by atomic mass is 10.2. The monoisotopic (exact) mass is 345 g/mol. The molecule has 6 heteroatoms. The van der Waals surface area contributed by atoms with Crippen molar-refractivity contribution in [3.05, 3.63) is 59.1 Å². The van der Waals surface area contributed by atoms with Crippen LogP contribution in [-0.4, -0.2) is 15.2 Å². The fourth-order valence-corrected chi connectivity index (χ4v) is 3.59. The van der Waals surface area contributed by atoms with Gasteiger partial charge in [0.15, 0.2) is 10.2 Å². The van der Waals surface area contributed by atoms with E-state index in [1.807, 2.05) is 49.4 Å². The Kier molecular flexibility index (Phi) is 4.29. The summed E-state index contributed by atoms with van der Waals surface area (Å²) in [6.45, 7) is 1.95. The van der Waals surface area contributed by atoms with Crippen LogP contribution in [0.1, 0.15) is 5.56 Å². The molecule has 0 aliphatic carbocycles. The lowest BCUT2D eigenvalue weighted by molar-refractivity contribution is 1.35. The second kappa shape index (κ2) is 6.20. The topological polar surface area (TPSA) is 39.5 Å². The van der Waals surface area contributed by atoms with Crippen molar-refractivity contribution < 1.29 is 0 Å². The molecule has 3 nitrogen and oxygen atoms in total. The van der Waals surface area contributed by atoms with Crippen molar-refractivity contribution in [1.29, 1.82) is 5.41 Å². The molecule has 0 amide bonds. The van der Waals surface area contributed by atoms with Crippen LogP contribution >= 0.6 is 35.6 Å². The summed E-state index contributed by atoms with van der Waals surface area (Å²) in [6.07, 6.45) is 0. The van der Waals surface area contributed by atoms with Crippen LogP contribution in [0.3, 0.4) is 0 Å². The quantitative estimate of drug-likeness (QED) is 0.761. The number of aliphatic imine (C=N–C) groups is 1. The van der Waals surface area contributed by atoms with Crippen molar-refractivity contribution in [2.24, 2.45) is 4.99 Å². The maximum Gasteiger partial charge on any atom is 0.164 e. The van der Waals surface area contributed by atoms with Crippen LogP contribution in [0.5, 0.6) is 0 Å². The summed E-state index contributed by atoms with van der Waals surface area (Å²) in [6, 6.07) is 15.1. The van der Waals surface area contributed by atoms with Gasteiger partial charge in [-0.3, -0.25) is 10.3 Å². The minimum absolute atomic E-state index is 0.296. The molecule has 2 aromatic rings. The zero-order valence-electron chi connectivity index (χ0n) is 11.7. The van der Waals surface area contributed by atoms with E-state index in [4.69, 9.17) is 29.2 Å². The van der Waals surface area contributed by atoms with E-state index < -0.39 is 0 Å². The third-order valence-corrected chi connectivity index (χ3v) is 4.68. The van der Waals surface area contributed by atoms with Gasteiger partial charge in [0.25, 0.3) is 0 Å². The number of hydrogen-bond acceptors (Lipinski definition) is 4. The predicted molar refractivity (Wildman–Crippen MR) is 100 cm³/mol. The van der Waals surface area contributed by atoms with E-state index in [-0.39, 0.29) is 0 Å². The molecule has 0 saturated carbocycles. The maximum absolute atomic E-state index is 8.38. The third-order valence-electron chi connectivity index (χ3n) is 3.18. The maximum atomic E-state index is 8.38. The van der Waals surface area contributed by atoms with E-state index >= 15 is 0 Å². The van der Waals surface area contributed by atoms with Crippen molar-refractivity contribution in [1.82, 2.24) is 0 Å². The zero-order valence-corrected chi connectivity index (χ0v) is 14.1. The van der Waals surface area contributed by atoms with Gasteiger partial charge in [0.05, 0.1) is 11.4 Å². The molecule has 0 unspecified atom stereocenters. The molecule has 0 atom stereocenters. The van der Waals surface area contributed by atoms with Gasteiger partial charge in [0.1, 0.15) is 5.04 Å². The Bertz CT molecular complexity index is 787. The van der Waals surface area contributed by atoms with Crippen LogP contribution < -0.4 is 4.90 Å². The highest BCUT2D eigenvalue weighted by molar-refractivity contribution is 8.35. The van der Waals surface area contributed by atoms with Crippen LogP contribution in [-0.2, 0) is 0 Å². The molecule has 1 aliphatic heterocycles. The molecule has 110 valence electrons. The fraction of sp³-hybridized carbons (Fsp3) is 0.0625. The van der Waals surface area contributed by atoms with E-state index in [0.29, 0.717) is 20.2 Å². The van der Waals surface area contributed by atoms with Crippen LogP contribution in [0, 0.1) is 12.3 Å². The zero-order chi connectivity index (χ0) is 15.7. The van der Waals surface area contributed by atoms with Gasteiger partial charge in [-0.2, -0.15) is 0 Å². The number of aryl methyl sites for hydroxylation is 1. The Morgan fingerprint density at radius 2 is 1.91 bits per heavy atom. The van der Waals surface area contributed by atoms with Gasteiger partial charge in [-0.05, 0) is 54.6 Å². The molecule has 22 heavy (non-hydrogen) atoms. The van der Waals surface area contributed by atoms with Gasteiger partial charge in [0, 0.05) is 5.02 Å². The lowest BCUT2D eigenvalue weighted by Crippen LogP contribution is -2.29. The summed E-state index contributed by atoms with van der Waals surface area (Å²) >= 11 is 12.8. The SMILES string of the molecule is Cc1cc(Cl)ccc1N1C(=N)C(=Nc2ccccc2)SC1=S. The average Bonchev–Trinajstić information content (AvgIpc) is 2.75. The predicted octanol–water partition coefficient (Wildman–Crippen LogP) is 5.19. The molecule has 0 aromatic heterocycles. The summed E-state index contributed by atoms with van der Waals surface area (Å²) in [7, 11) is 0. The minimum atomic E-state index is 0.296. The molecule has 0 bridgehead atoms. The number of amidine groups is 1. The van der Waals surface area contributed by atoms with Gasteiger partial charge >= 0.3 is 0 Å². The summed E-state index contributed by atoms with van der Waals surface area (Å²) in [5.41, 5.74) is 2.65. The van der Waals surface area contributed by atoms with Crippen molar-refractivity contribution in [2.45, 2.75) is 6.92 Å². The molecule has 0 spiro atoms. The number of anilines is 1. The molecule has 0 radical (unpaired) electrons. The molecule has 1 saturated heterocycles. The highest BCUT2D eigenvalue weighted by Crippen LogP contribution is 2.33. The number of thioether (sulfide) groups is 1. The number of thiocarbonyl (C=S) groups is 1. The Balaban J connectivity index is 1.97. The number of nitrogens with one attached hydrogen (secondary N) is 1. The Morgan fingerprint density at radius 3 is 2.59 bits per heavy atom. The van der Waals surface area contributed by atoms with Gasteiger partial charge in [-0.15, -0.1) is 0 Å². The molecule has 3 rings (SSSR count). The molecule has 2 aromatic carbocycles. The second-order valence-electron chi connectivity index (χ2n) is 4.74. The van der Waals surface area contributed by atoms with Crippen LogP contribution in [0.15, 0.2) is 53.5 Å². The number of nitrogens with zero attached hydrogens (tertiary/aromatic N) is 2. The fourth-order valence-electron chi connectivity index (χ4n) is 2.15. The van der Waals surface area contributed by atoms with Crippen molar-refractivity contribution in [3.63, 3.8) is 0 Å². The van der Waals surface area contributed by atoms with Crippen molar-refractivity contribution >= 4 is 62.2 Å². The third kappa shape index (κ3) is 2.92. The first-order valence-electron chi connectivity index (χ1n) is 6.57. The van der Waals surface area contributed by atoms with Gasteiger partial charge < -0.3 is 0 Å². The molecule has 1 aliphatic rings. The average molecular weight is 346 g/mol. The molecule has 1 N–H and O–H groups in total. The van der Waals surface area contributed by atoms with Crippen LogP contribution in [0.4, 0.5) is 11.4 Å². The smallest absolute Gasteiger partial charge is 0.164 e. The standard InChI is InChI=1S/C16H12ClN3S2/c1-10-9-11(17)7-8-13(10)20-14(18)15(22-16(20)21)19-12-5-3-2-4-6-12/h2-9,18H,1H3. The number of hydrogen-bond donors (Lipinski definition) is 1. The van der Waals surface area contributed by atoms with E-state index in [1.54, 1.807) is 11.0 Å². The number of benzene rings is 2. The van der Waals surface area contributed by atoms with E-state index in [9.17, 15) is 0 Å². The van der Waals surface area contributed by atoms with E-state index in [2.05, 4.69) is 4.99 Å².